The minimum Gasteiger partial charge on any atom is -0.386 e. The molecule has 1 aromatic carbocycles. The summed E-state index contributed by atoms with van der Waals surface area (Å²) in [5.74, 6) is -1.11. The Balaban J connectivity index is 1.91. The molecular weight excluding hydrogens is 294 g/mol. The molecule has 22 heavy (non-hydrogen) atoms. The number of anilines is 1. The highest BCUT2D eigenvalue weighted by molar-refractivity contribution is 5.88. The van der Waals surface area contributed by atoms with E-state index >= 15 is 0 Å². The van der Waals surface area contributed by atoms with Gasteiger partial charge in [0.1, 0.15) is 17.5 Å². The summed E-state index contributed by atoms with van der Waals surface area (Å²) in [6.45, 7) is 1.56. The highest BCUT2D eigenvalue weighted by atomic mass is 19.1. The molecule has 8 heteroatoms. The van der Waals surface area contributed by atoms with Gasteiger partial charge in [0.15, 0.2) is 0 Å². The second kappa shape index (κ2) is 6.52. The summed E-state index contributed by atoms with van der Waals surface area (Å²) in [4.78, 5) is 11.7. The quantitative estimate of drug-likeness (QED) is 0.806. The summed E-state index contributed by atoms with van der Waals surface area (Å²) >= 11 is 0. The van der Waals surface area contributed by atoms with Crippen LogP contribution in [0, 0.1) is 18.6 Å². The van der Waals surface area contributed by atoms with Gasteiger partial charge in [-0.1, -0.05) is 6.07 Å². The molecule has 0 saturated heterocycles. The second-order valence-electron chi connectivity index (χ2n) is 4.81. The molecule has 6 nitrogen and oxygen atoms in total. The molecule has 1 aromatic heterocycles. The number of hydrogen-bond acceptors (Lipinski definition) is 3. The summed E-state index contributed by atoms with van der Waals surface area (Å²) in [6, 6.07) is 3.97. The van der Waals surface area contributed by atoms with Crippen LogP contribution in [0.1, 0.15) is 17.4 Å². The molecule has 2 amide bonds. The normalized spacial score (nSPS) is 12.0. The number of amides is 2. The highest BCUT2D eigenvalue weighted by Crippen LogP contribution is 2.17. The third-order valence-electron chi connectivity index (χ3n) is 3.02. The number of aromatic nitrogens is 2. The number of urea groups is 1. The zero-order valence-corrected chi connectivity index (χ0v) is 12.1. The molecule has 1 atom stereocenters. The molecule has 1 heterocycles. The van der Waals surface area contributed by atoms with Crippen LogP contribution >= 0.6 is 0 Å². The van der Waals surface area contributed by atoms with E-state index in [1.807, 2.05) is 0 Å². The van der Waals surface area contributed by atoms with Crippen molar-refractivity contribution in [2.24, 2.45) is 7.05 Å². The van der Waals surface area contributed by atoms with Crippen LogP contribution in [-0.2, 0) is 7.05 Å². The maximum atomic E-state index is 13.5. The third kappa shape index (κ3) is 3.79. The van der Waals surface area contributed by atoms with Crippen molar-refractivity contribution in [1.82, 2.24) is 15.1 Å². The van der Waals surface area contributed by atoms with E-state index in [0.717, 1.165) is 17.8 Å². The zero-order valence-electron chi connectivity index (χ0n) is 12.1. The fraction of sp³-hybridized carbons (Fsp3) is 0.286. The summed E-state index contributed by atoms with van der Waals surface area (Å²) < 4.78 is 27.8. The molecule has 0 unspecified atom stereocenters. The van der Waals surface area contributed by atoms with Gasteiger partial charge in [0.25, 0.3) is 0 Å². The van der Waals surface area contributed by atoms with E-state index in [4.69, 9.17) is 0 Å². The van der Waals surface area contributed by atoms with Crippen LogP contribution in [0.5, 0.6) is 0 Å². The summed E-state index contributed by atoms with van der Waals surface area (Å²) in [5, 5.41) is 18.9. The fourth-order valence-electron chi connectivity index (χ4n) is 1.96. The van der Waals surface area contributed by atoms with Gasteiger partial charge < -0.3 is 10.4 Å². The van der Waals surface area contributed by atoms with Gasteiger partial charge >= 0.3 is 6.03 Å². The van der Waals surface area contributed by atoms with Crippen LogP contribution < -0.4 is 10.6 Å². The minimum atomic E-state index is -1.28. The molecule has 2 rings (SSSR count). The Hall–Kier alpha value is -2.48. The number of carbonyl (C=O) groups is 1. The average molecular weight is 310 g/mol. The fourth-order valence-corrected chi connectivity index (χ4v) is 1.96. The molecule has 0 aliphatic heterocycles. The van der Waals surface area contributed by atoms with E-state index in [1.54, 1.807) is 20.0 Å². The molecule has 2 aromatic rings. The number of aliphatic hydroxyl groups is 1. The predicted octanol–water partition coefficient (Wildman–Crippen LogP) is 1.86. The van der Waals surface area contributed by atoms with E-state index in [2.05, 4.69) is 15.7 Å². The first-order valence-electron chi connectivity index (χ1n) is 6.55. The first kappa shape index (κ1) is 15.9. The van der Waals surface area contributed by atoms with Crippen molar-refractivity contribution in [3.8, 4) is 0 Å². The Kier molecular flexibility index (Phi) is 4.71. The molecule has 0 saturated carbocycles. The first-order chi connectivity index (χ1) is 10.4. The summed E-state index contributed by atoms with van der Waals surface area (Å²) in [7, 11) is 1.67. The average Bonchev–Trinajstić information content (AvgIpc) is 2.74. The van der Waals surface area contributed by atoms with Crippen LogP contribution in [0.4, 0.5) is 19.4 Å². The standard InChI is InChI=1S/C14H16F2N4O2/c1-8-5-13(20(2)19-8)18-14(22)17-7-12(21)10-4-3-9(15)6-11(10)16/h3-6,12,21H,7H2,1-2H3,(H2,17,18,22)/t12-/m0/s1. The van der Waals surface area contributed by atoms with Gasteiger partial charge in [0, 0.05) is 31.3 Å². The van der Waals surface area contributed by atoms with Crippen LogP contribution in [0.2, 0.25) is 0 Å². The lowest BCUT2D eigenvalue weighted by Gasteiger charge is -2.13. The Morgan fingerprint density at radius 1 is 1.41 bits per heavy atom. The lowest BCUT2D eigenvalue weighted by Crippen LogP contribution is -2.33. The van der Waals surface area contributed by atoms with Crippen LogP contribution in [0.25, 0.3) is 0 Å². The van der Waals surface area contributed by atoms with E-state index < -0.39 is 23.8 Å². The van der Waals surface area contributed by atoms with E-state index in [1.165, 1.54) is 4.68 Å². The molecule has 3 N–H and O–H groups in total. The Morgan fingerprint density at radius 3 is 2.73 bits per heavy atom. The largest absolute Gasteiger partial charge is 0.386 e. The molecule has 118 valence electrons. The van der Waals surface area contributed by atoms with Crippen molar-refractivity contribution in [2.45, 2.75) is 13.0 Å². The van der Waals surface area contributed by atoms with E-state index in [9.17, 15) is 18.7 Å². The van der Waals surface area contributed by atoms with Crippen molar-refractivity contribution in [3.63, 3.8) is 0 Å². The number of hydrogen-bond donors (Lipinski definition) is 3. The van der Waals surface area contributed by atoms with Gasteiger partial charge in [-0.2, -0.15) is 5.10 Å². The number of nitrogens with one attached hydrogen (secondary N) is 2. The minimum absolute atomic E-state index is 0.0851. The lowest BCUT2D eigenvalue weighted by molar-refractivity contribution is 0.170. The van der Waals surface area contributed by atoms with Crippen molar-refractivity contribution in [3.05, 3.63) is 47.2 Å². The van der Waals surface area contributed by atoms with E-state index in [-0.39, 0.29) is 12.1 Å². The van der Waals surface area contributed by atoms with Crippen molar-refractivity contribution in [2.75, 3.05) is 11.9 Å². The molecule has 0 fully saturated rings. The lowest BCUT2D eigenvalue weighted by atomic mass is 10.1. The number of rotatable bonds is 4. The molecule has 0 aliphatic carbocycles. The van der Waals surface area contributed by atoms with Crippen molar-refractivity contribution < 1.29 is 18.7 Å². The van der Waals surface area contributed by atoms with Crippen molar-refractivity contribution in [1.29, 1.82) is 0 Å². The van der Waals surface area contributed by atoms with Gasteiger partial charge in [0.2, 0.25) is 0 Å². The Morgan fingerprint density at radius 2 is 2.14 bits per heavy atom. The molecule has 0 bridgehead atoms. The molecule has 0 aliphatic rings. The molecular formula is C14H16F2N4O2. The monoisotopic (exact) mass is 310 g/mol. The smallest absolute Gasteiger partial charge is 0.320 e. The maximum Gasteiger partial charge on any atom is 0.320 e. The Labute approximate surface area is 125 Å². The third-order valence-corrected chi connectivity index (χ3v) is 3.02. The number of carbonyl (C=O) groups excluding carboxylic acids is 1. The van der Waals surface area contributed by atoms with Gasteiger partial charge in [0.05, 0.1) is 11.8 Å². The number of aryl methyl sites for hydroxylation is 2. The number of halogens is 2. The summed E-state index contributed by atoms with van der Waals surface area (Å²) in [6.07, 6.45) is -1.28. The summed E-state index contributed by atoms with van der Waals surface area (Å²) in [5.41, 5.74) is 0.657. The van der Waals surface area contributed by atoms with Crippen molar-refractivity contribution >= 4 is 11.8 Å². The van der Waals surface area contributed by atoms with Gasteiger partial charge in [-0.15, -0.1) is 0 Å². The highest BCUT2D eigenvalue weighted by Gasteiger charge is 2.15. The predicted molar refractivity (Wildman–Crippen MR) is 76.3 cm³/mol. The van der Waals surface area contributed by atoms with Crippen LogP contribution in [0.15, 0.2) is 24.3 Å². The number of benzene rings is 1. The SMILES string of the molecule is Cc1cc(NC(=O)NC[C@H](O)c2ccc(F)cc2F)n(C)n1. The number of nitrogens with zero attached hydrogens (tertiary/aromatic N) is 2. The second-order valence-corrected chi connectivity index (χ2v) is 4.81. The molecule has 0 radical (unpaired) electrons. The number of aliphatic hydroxyl groups excluding tert-OH is 1. The molecule has 0 spiro atoms. The van der Waals surface area contributed by atoms with Crippen LogP contribution in [0.3, 0.4) is 0 Å². The van der Waals surface area contributed by atoms with Gasteiger partial charge in [-0.3, -0.25) is 10.00 Å². The first-order valence-corrected chi connectivity index (χ1v) is 6.55. The van der Waals surface area contributed by atoms with Crippen LogP contribution in [-0.4, -0.2) is 27.5 Å². The topological polar surface area (TPSA) is 79.2 Å². The van der Waals surface area contributed by atoms with E-state index in [0.29, 0.717) is 11.9 Å². The van der Waals surface area contributed by atoms with Gasteiger partial charge in [-0.05, 0) is 13.0 Å². The zero-order chi connectivity index (χ0) is 16.3. The Bertz CT molecular complexity index is 687. The maximum absolute atomic E-state index is 13.5. The van der Waals surface area contributed by atoms with Gasteiger partial charge in [-0.25, -0.2) is 13.6 Å².